The summed E-state index contributed by atoms with van der Waals surface area (Å²) in [5, 5.41) is 0. The Kier molecular flexibility index (Phi) is 1.03. The van der Waals surface area contributed by atoms with Gasteiger partial charge in [-0.1, -0.05) is 12.2 Å². The number of fused-ring (bicyclic) bond motifs is 5. The van der Waals surface area contributed by atoms with Gasteiger partial charge in [-0.25, -0.2) is 0 Å². The Morgan fingerprint density at radius 3 is 2.00 bits per heavy atom. The van der Waals surface area contributed by atoms with E-state index in [9.17, 15) is 9.59 Å². The maximum atomic E-state index is 11.4. The second kappa shape index (κ2) is 1.87. The molecular formula is C10H10O2. The highest BCUT2D eigenvalue weighted by Gasteiger charge is 2.55. The Morgan fingerprint density at radius 2 is 1.50 bits per heavy atom. The van der Waals surface area contributed by atoms with Crippen LogP contribution in [0.25, 0.3) is 0 Å². The van der Waals surface area contributed by atoms with E-state index in [1.807, 2.05) is 0 Å². The van der Waals surface area contributed by atoms with Crippen molar-refractivity contribution in [1.82, 2.24) is 0 Å². The van der Waals surface area contributed by atoms with Crippen molar-refractivity contribution in [1.29, 1.82) is 0 Å². The molecule has 0 unspecified atom stereocenters. The van der Waals surface area contributed by atoms with Gasteiger partial charge in [-0.05, 0) is 18.3 Å². The van der Waals surface area contributed by atoms with Crippen LogP contribution in [-0.2, 0) is 9.59 Å². The number of carbonyl (C=O) groups is 2. The molecule has 3 rings (SSSR count). The lowest BCUT2D eigenvalue weighted by atomic mass is 9.85. The molecule has 2 nitrogen and oxygen atoms in total. The van der Waals surface area contributed by atoms with Crippen molar-refractivity contribution in [3.05, 3.63) is 12.2 Å². The van der Waals surface area contributed by atoms with Crippen molar-refractivity contribution in [2.45, 2.75) is 12.8 Å². The zero-order chi connectivity index (χ0) is 8.29. The van der Waals surface area contributed by atoms with Crippen LogP contribution in [0.5, 0.6) is 0 Å². The molecular weight excluding hydrogens is 152 g/mol. The molecule has 0 aromatic heterocycles. The number of hydrogen-bond acceptors (Lipinski definition) is 2. The molecule has 2 fully saturated rings. The summed E-state index contributed by atoms with van der Waals surface area (Å²) in [4.78, 5) is 22.8. The van der Waals surface area contributed by atoms with Crippen molar-refractivity contribution < 1.29 is 9.59 Å². The summed E-state index contributed by atoms with van der Waals surface area (Å²) in [5.41, 5.74) is 0. The molecule has 3 aliphatic carbocycles. The molecule has 4 atom stereocenters. The summed E-state index contributed by atoms with van der Waals surface area (Å²) < 4.78 is 0. The maximum Gasteiger partial charge on any atom is 0.144 e. The topological polar surface area (TPSA) is 34.1 Å². The number of Topliss-reactive ketones (excluding diaryl/α,β-unsaturated/α-hetero) is 2. The third-order valence-corrected chi connectivity index (χ3v) is 3.55. The lowest BCUT2D eigenvalue weighted by Gasteiger charge is -2.16. The van der Waals surface area contributed by atoms with Crippen molar-refractivity contribution in [2.24, 2.45) is 23.7 Å². The van der Waals surface area contributed by atoms with Gasteiger partial charge in [-0.15, -0.1) is 0 Å². The van der Waals surface area contributed by atoms with Gasteiger partial charge in [0.05, 0.1) is 6.42 Å². The van der Waals surface area contributed by atoms with Crippen molar-refractivity contribution in [2.75, 3.05) is 0 Å². The van der Waals surface area contributed by atoms with E-state index in [4.69, 9.17) is 0 Å². The van der Waals surface area contributed by atoms with Gasteiger partial charge in [0, 0.05) is 11.8 Å². The Balaban J connectivity index is 2.08. The average Bonchev–Trinajstić information content (AvgIpc) is 2.64. The number of allylic oxidation sites excluding steroid dienone is 2. The zero-order valence-corrected chi connectivity index (χ0v) is 6.69. The van der Waals surface area contributed by atoms with Crippen molar-refractivity contribution >= 4 is 11.6 Å². The molecule has 0 N–H and O–H groups in total. The molecule has 2 bridgehead atoms. The number of rotatable bonds is 0. The highest BCUT2D eigenvalue weighted by atomic mass is 16.2. The lowest BCUT2D eigenvalue weighted by Crippen LogP contribution is -2.21. The van der Waals surface area contributed by atoms with E-state index in [1.165, 1.54) is 0 Å². The maximum absolute atomic E-state index is 11.4. The average molecular weight is 162 g/mol. The Hall–Kier alpha value is -0.920. The standard InChI is InChI=1S/C10H10O2/c11-7-4-8(12)10-6-2-1-5(3-6)9(7)10/h1-2,5-6,9-10H,3-4H2/t5-,6-,9-,10+/m0/s1. The molecule has 0 aliphatic heterocycles. The van der Waals surface area contributed by atoms with Gasteiger partial charge in [0.2, 0.25) is 0 Å². The molecule has 12 heavy (non-hydrogen) atoms. The van der Waals surface area contributed by atoms with Crippen LogP contribution in [0, 0.1) is 23.7 Å². The van der Waals surface area contributed by atoms with Gasteiger partial charge < -0.3 is 0 Å². The number of hydrogen-bond donors (Lipinski definition) is 0. The van der Waals surface area contributed by atoms with E-state index < -0.39 is 0 Å². The van der Waals surface area contributed by atoms with Crippen LogP contribution < -0.4 is 0 Å². The highest BCUT2D eigenvalue weighted by Crippen LogP contribution is 2.52. The van der Waals surface area contributed by atoms with Gasteiger partial charge in [0.1, 0.15) is 11.6 Å². The van der Waals surface area contributed by atoms with E-state index in [0.717, 1.165) is 6.42 Å². The smallest absolute Gasteiger partial charge is 0.144 e. The van der Waals surface area contributed by atoms with Crippen molar-refractivity contribution in [3.63, 3.8) is 0 Å². The molecule has 0 radical (unpaired) electrons. The largest absolute Gasteiger partial charge is 0.299 e. The van der Waals surface area contributed by atoms with Crippen LogP contribution in [0.1, 0.15) is 12.8 Å². The molecule has 0 heterocycles. The fourth-order valence-electron chi connectivity index (χ4n) is 3.11. The fourth-order valence-corrected chi connectivity index (χ4v) is 3.11. The molecule has 0 amide bonds. The highest BCUT2D eigenvalue weighted by molar-refractivity contribution is 6.09. The second-order valence-corrected chi connectivity index (χ2v) is 4.11. The fraction of sp³-hybridized carbons (Fsp3) is 0.600. The first-order valence-corrected chi connectivity index (χ1v) is 4.51. The summed E-state index contributed by atoms with van der Waals surface area (Å²) in [6.07, 6.45) is 5.52. The van der Waals surface area contributed by atoms with E-state index in [1.54, 1.807) is 0 Å². The summed E-state index contributed by atoms with van der Waals surface area (Å²) in [5.74, 6) is 1.35. The summed E-state index contributed by atoms with van der Waals surface area (Å²) >= 11 is 0. The summed E-state index contributed by atoms with van der Waals surface area (Å²) in [6.45, 7) is 0. The van der Waals surface area contributed by atoms with E-state index in [2.05, 4.69) is 12.2 Å². The monoisotopic (exact) mass is 162 g/mol. The van der Waals surface area contributed by atoms with Crippen LogP contribution >= 0.6 is 0 Å². The van der Waals surface area contributed by atoms with Crippen LogP contribution in [0.4, 0.5) is 0 Å². The van der Waals surface area contributed by atoms with Gasteiger partial charge in [-0.2, -0.15) is 0 Å². The molecule has 3 aliphatic rings. The first-order chi connectivity index (χ1) is 5.77. The minimum absolute atomic E-state index is 0.0764. The number of ketones is 2. The SMILES string of the molecule is O=C1CC(=O)[C@H]2[C@@H]1[C@H]1C=C[C@H]2C1. The van der Waals surface area contributed by atoms with Gasteiger partial charge in [0.15, 0.2) is 0 Å². The zero-order valence-electron chi connectivity index (χ0n) is 6.69. The van der Waals surface area contributed by atoms with Crippen LogP contribution in [0.2, 0.25) is 0 Å². The Morgan fingerprint density at radius 1 is 1.00 bits per heavy atom. The van der Waals surface area contributed by atoms with Gasteiger partial charge in [-0.3, -0.25) is 9.59 Å². The summed E-state index contributed by atoms with van der Waals surface area (Å²) in [7, 11) is 0. The van der Waals surface area contributed by atoms with E-state index in [-0.39, 0.29) is 29.8 Å². The van der Waals surface area contributed by atoms with Crippen LogP contribution in [-0.4, -0.2) is 11.6 Å². The first kappa shape index (κ1) is 6.58. The molecule has 0 spiro atoms. The van der Waals surface area contributed by atoms with Gasteiger partial charge in [0.25, 0.3) is 0 Å². The van der Waals surface area contributed by atoms with Crippen molar-refractivity contribution in [3.8, 4) is 0 Å². The van der Waals surface area contributed by atoms with Crippen LogP contribution in [0.3, 0.4) is 0 Å². The molecule has 62 valence electrons. The first-order valence-electron chi connectivity index (χ1n) is 4.51. The Labute approximate surface area is 70.6 Å². The van der Waals surface area contributed by atoms with Gasteiger partial charge >= 0.3 is 0 Å². The minimum Gasteiger partial charge on any atom is -0.299 e. The summed E-state index contributed by atoms with van der Waals surface area (Å²) in [6, 6.07) is 0. The minimum atomic E-state index is 0.0764. The molecule has 2 saturated carbocycles. The van der Waals surface area contributed by atoms with Crippen LogP contribution in [0.15, 0.2) is 12.2 Å². The quantitative estimate of drug-likeness (QED) is 0.393. The third-order valence-electron chi connectivity index (χ3n) is 3.55. The lowest BCUT2D eigenvalue weighted by molar-refractivity contribution is -0.123. The normalized spacial score (nSPS) is 49.0. The molecule has 0 saturated heterocycles. The molecule has 2 heteroatoms. The van der Waals surface area contributed by atoms with E-state index in [0.29, 0.717) is 11.8 Å². The molecule has 0 aromatic rings. The third kappa shape index (κ3) is 0.576. The number of carbonyl (C=O) groups excluding carboxylic acids is 2. The molecule has 0 aromatic carbocycles. The Bertz CT molecular complexity index is 275. The predicted molar refractivity (Wildman–Crippen MR) is 42.3 cm³/mol. The second-order valence-electron chi connectivity index (χ2n) is 4.11. The predicted octanol–water partition coefficient (Wildman–Crippen LogP) is 0.967. The van der Waals surface area contributed by atoms with E-state index >= 15 is 0 Å².